The van der Waals surface area contributed by atoms with Gasteiger partial charge in [-0.3, -0.25) is 14.6 Å². The number of nitrogens with zero attached hydrogens (tertiary/aromatic N) is 3. The number of carbonyl (C=O) groups is 1. The highest BCUT2D eigenvalue weighted by atomic mass is 35.5. The lowest BCUT2D eigenvalue weighted by molar-refractivity contribution is 0.0621. The van der Waals surface area contributed by atoms with E-state index >= 15 is 0 Å². The predicted octanol–water partition coefficient (Wildman–Crippen LogP) is 7.66. The first-order valence-corrected chi connectivity index (χ1v) is 14.6. The molecule has 0 unspecified atom stereocenters. The van der Waals surface area contributed by atoms with Crippen LogP contribution in [0.3, 0.4) is 0 Å². The first-order chi connectivity index (χ1) is 19.1. The summed E-state index contributed by atoms with van der Waals surface area (Å²) >= 11 is 13.0. The van der Waals surface area contributed by atoms with Gasteiger partial charge in [0.15, 0.2) is 0 Å². The van der Waals surface area contributed by atoms with Gasteiger partial charge < -0.3 is 9.88 Å². The first kappa shape index (κ1) is 31.7. The van der Waals surface area contributed by atoms with Gasteiger partial charge in [0.25, 0.3) is 5.91 Å². The lowest BCUT2D eigenvalue weighted by Crippen LogP contribution is -2.48. The van der Waals surface area contributed by atoms with Gasteiger partial charge in [0.05, 0.1) is 0 Å². The summed E-state index contributed by atoms with van der Waals surface area (Å²) in [6.45, 7) is 6.81. The number of benzene rings is 3. The number of H-pyrrole nitrogens is 1. The molecule has 0 spiro atoms. The quantitative estimate of drug-likeness (QED) is 0.237. The minimum Gasteiger partial charge on any atom is -0.350 e. The minimum absolute atomic E-state index is 0. The largest absolute Gasteiger partial charge is 0.350 e. The van der Waals surface area contributed by atoms with Crippen molar-refractivity contribution in [3.8, 4) is 0 Å². The number of rotatable bonds is 6. The Hall–Kier alpha value is -2.25. The fourth-order valence-electron chi connectivity index (χ4n) is 6.16. The van der Waals surface area contributed by atoms with Crippen molar-refractivity contribution < 1.29 is 4.79 Å². The summed E-state index contributed by atoms with van der Waals surface area (Å²) < 4.78 is 0. The van der Waals surface area contributed by atoms with Crippen molar-refractivity contribution >= 4 is 64.8 Å². The zero-order valence-corrected chi connectivity index (χ0v) is 26.0. The van der Waals surface area contributed by atoms with E-state index in [1.165, 1.54) is 5.56 Å². The molecule has 3 heterocycles. The second-order valence-electron chi connectivity index (χ2n) is 10.8. The fraction of sp³-hybridized carbons (Fsp3) is 0.344. The van der Waals surface area contributed by atoms with Gasteiger partial charge in [-0.1, -0.05) is 77.8 Å². The lowest BCUT2D eigenvalue weighted by Gasteiger charge is -2.35. The van der Waals surface area contributed by atoms with Gasteiger partial charge in [-0.05, 0) is 61.2 Å². The molecule has 2 fully saturated rings. The number of nitrogens with one attached hydrogen (secondary N) is 1. The molecule has 0 radical (unpaired) electrons. The van der Waals surface area contributed by atoms with Gasteiger partial charge in [-0.2, -0.15) is 0 Å². The second kappa shape index (κ2) is 14.3. The summed E-state index contributed by atoms with van der Waals surface area (Å²) in [7, 11) is 0. The zero-order chi connectivity index (χ0) is 26.8. The topological polar surface area (TPSA) is 42.6 Å². The zero-order valence-electron chi connectivity index (χ0n) is 22.9. The molecule has 2 aliphatic heterocycles. The SMILES string of the molecule is Cl.Cl.O=C(c1[nH]c2ccccc2c1CN1CCC(c2c(Cl)cccc2Cl)CC1)N1CCN(Cc2ccccc2)CC1. The molecule has 218 valence electrons. The van der Waals surface area contributed by atoms with Gasteiger partial charge in [-0.15, -0.1) is 24.8 Å². The van der Waals surface area contributed by atoms with Crippen LogP contribution in [0.1, 0.15) is 45.9 Å². The summed E-state index contributed by atoms with van der Waals surface area (Å²) in [5.41, 5.74) is 5.27. The maximum atomic E-state index is 13.8. The monoisotopic (exact) mass is 632 g/mol. The van der Waals surface area contributed by atoms with Crippen LogP contribution >= 0.6 is 48.0 Å². The number of piperazine rings is 1. The van der Waals surface area contributed by atoms with Crippen LogP contribution in [0.25, 0.3) is 10.9 Å². The summed E-state index contributed by atoms with van der Waals surface area (Å²) in [6, 6.07) is 24.6. The molecule has 5 nitrogen and oxygen atoms in total. The highest BCUT2D eigenvalue weighted by Crippen LogP contribution is 2.38. The number of carbonyl (C=O) groups excluding carboxylic acids is 1. The van der Waals surface area contributed by atoms with Crippen LogP contribution in [-0.4, -0.2) is 64.9 Å². The molecule has 0 aliphatic carbocycles. The molecule has 6 rings (SSSR count). The van der Waals surface area contributed by atoms with Gasteiger partial charge in [0, 0.05) is 65.8 Å². The number of piperidine rings is 1. The Balaban J connectivity index is 0.00000194. The molecule has 0 saturated carbocycles. The predicted molar refractivity (Wildman–Crippen MR) is 174 cm³/mol. The number of aromatic nitrogens is 1. The Kier molecular flexibility index (Phi) is 11.0. The van der Waals surface area contributed by atoms with E-state index in [4.69, 9.17) is 23.2 Å². The van der Waals surface area contributed by atoms with E-state index < -0.39 is 0 Å². The lowest BCUT2D eigenvalue weighted by atomic mass is 9.89. The van der Waals surface area contributed by atoms with Gasteiger partial charge in [0.1, 0.15) is 5.69 Å². The third kappa shape index (κ3) is 7.05. The van der Waals surface area contributed by atoms with Crippen LogP contribution < -0.4 is 0 Å². The van der Waals surface area contributed by atoms with Crippen LogP contribution in [0.2, 0.25) is 10.0 Å². The van der Waals surface area contributed by atoms with Crippen molar-refractivity contribution in [2.45, 2.75) is 31.8 Å². The number of fused-ring (bicyclic) bond motifs is 1. The molecule has 2 aliphatic rings. The second-order valence-corrected chi connectivity index (χ2v) is 11.6. The van der Waals surface area contributed by atoms with E-state index in [0.29, 0.717) is 5.92 Å². The standard InChI is InChI=1S/C32H34Cl2N4O.2ClH/c33-27-10-6-11-28(34)30(27)24-13-15-36(16-14-24)22-26-25-9-4-5-12-29(25)35-31(26)32(39)38-19-17-37(18-20-38)21-23-7-2-1-3-8-23;;/h1-12,24,35H,13-22H2;2*1H. The maximum absolute atomic E-state index is 13.8. The van der Waals surface area contributed by atoms with Crippen molar-refractivity contribution in [3.05, 3.63) is 105 Å². The van der Waals surface area contributed by atoms with E-state index in [0.717, 1.165) is 103 Å². The summed E-state index contributed by atoms with van der Waals surface area (Å²) in [5, 5.41) is 2.66. The van der Waals surface area contributed by atoms with E-state index in [9.17, 15) is 4.79 Å². The first-order valence-electron chi connectivity index (χ1n) is 13.9. The Morgan fingerprint density at radius 1 is 0.732 bits per heavy atom. The Labute approximate surface area is 264 Å². The third-order valence-electron chi connectivity index (χ3n) is 8.31. The highest BCUT2D eigenvalue weighted by Gasteiger charge is 2.29. The molecule has 0 bridgehead atoms. The van der Waals surface area contributed by atoms with E-state index in [1.807, 2.05) is 29.2 Å². The third-order valence-corrected chi connectivity index (χ3v) is 8.97. The molecule has 3 aromatic carbocycles. The van der Waals surface area contributed by atoms with Gasteiger partial charge in [-0.25, -0.2) is 0 Å². The molecule has 41 heavy (non-hydrogen) atoms. The maximum Gasteiger partial charge on any atom is 0.270 e. The summed E-state index contributed by atoms with van der Waals surface area (Å²) in [4.78, 5) is 24.2. The van der Waals surface area contributed by atoms with Crippen molar-refractivity contribution in [3.63, 3.8) is 0 Å². The molecule has 9 heteroatoms. The molecule has 1 N–H and O–H groups in total. The van der Waals surface area contributed by atoms with Crippen molar-refractivity contribution in [1.82, 2.24) is 19.7 Å². The molecule has 1 amide bonds. The fourth-order valence-corrected chi connectivity index (χ4v) is 6.87. The molecule has 4 aromatic rings. The molecular formula is C32H36Cl4N4O. The Bertz CT molecular complexity index is 1420. The summed E-state index contributed by atoms with van der Waals surface area (Å²) in [6.07, 6.45) is 2.00. The molecule has 2 saturated heterocycles. The smallest absolute Gasteiger partial charge is 0.270 e. The Morgan fingerprint density at radius 2 is 1.34 bits per heavy atom. The number of halogens is 4. The number of aromatic amines is 1. The van der Waals surface area contributed by atoms with Gasteiger partial charge >= 0.3 is 0 Å². The number of amides is 1. The number of para-hydroxylation sites is 1. The minimum atomic E-state index is 0. The van der Waals surface area contributed by atoms with Crippen molar-refractivity contribution in [2.24, 2.45) is 0 Å². The van der Waals surface area contributed by atoms with Crippen LogP contribution in [-0.2, 0) is 13.1 Å². The van der Waals surface area contributed by atoms with Crippen LogP contribution in [0.15, 0.2) is 72.8 Å². The van der Waals surface area contributed by atoms with Crippen molar-refractivity contribution in [1.29, 1.82) is 0 Å². The van der Waals surface area contributed by atoms with Crippen LogP contribution in [0.5, 0.6) is 0 Å². The Morgan fingerprint density at radius 3 is 2.02 bits per heavy atom. The summed E-state index contributed by atoms with van der Waals surface area (Å²) in [5.74, 6) is 0.469. The van der Waals surface area contributed by atoms with Crippen LogP contribution in [0.4, 0.5) is 0 Å². The average molecular weight is 634 g/mol. The number of hydrogen-bond donors (Lipinski definition) is 1. The van der Waals surface area contributed by atoms with E-state index in [1.54, 1.807) is 0 Å². The number of likely N-dealkylation sites (tertiary alicyclic amines) is 1. The molecule has 1 aromatic heterocycles. The molecular weight excluding hydrogens is 598 g/mol. The van der Waals surface area contributed by atoms with Gasteiger partial charge in [0.2, 0.25) is 0 Å². The van der Waals surface area contributed by atoms with E-state index in [-0.39, 0.29) is 30.7 Å². The van der Waals surface area contributed by atoms with E-state index in [2.05, 4.69) is 63.3 Å². The highest BCUT2D eigenvalue weighted by molar-refractivity contribution is 6.36. The van der Waals surface area contributed by atoms with Crippen molar-refractivity contribution in [2.75, 3.05) is 39.3 Å². The normalized spacial score (nSPS) is 16.8. The average Bonchev–Trinajstić information content (AvgIpc) is 3.33. The number of hydrogen-bond acceptors (Lipinski definition) is 3. The molecule has 0 atom stereocenters. The van der Waals surface area contributed by atoms with Crippen LogP contribution in [0, 0.1) is 0 Å².